The van der Waals surface area contributed by atoms with Crippen molar-refractivity contribution in [2.75, 3.05) is 19.0 Å². The van der Waals surface area contributed by atoms with Crippen LogP contribution in [0.15, 0.2) is 23.7 Å². The minimum Gasteiger partial charge on any atom is -0.495 e. The van der Waals surface area contributed by atoms with Crippen LogP contribution in [-0.2, 0) is 4.74 Å². The van der Waals surface area contributed by atoms with Crippen LogP contribution in [0.2, 0.25) is 0 Å². The number of aromatic nitrogens is 1. The lowest BCUT2D eigenvalue weighted by Gasteiger charge is -2.10. The van der Waals surface area contributed by atoms with Crippen molar-refractivity contribution in [3.63, 3.8) is 0 Å². The molecule has 2 rings (SSSR count). The molecule has 108 valence electrons. The number of nitrogens with zero attached hydrogens (tertiary/aromatic N) is 2. The van der Waals surface area contributed by atoms with Gasteiger partial charge in [0.05, 0.1) is 36.5 Å². The molecule has 1 heterocycles. The lowest BCUT2D eigenvalue weighted by molar-refractivity contribution is 0.0521. The van der Waals surface area contributed by atoms with E-state index in [9.17, 15) is 4.79 Å². The van der Waals surface area contributed by atoms with Crippen molar-refractivity contribution in [1.29, 1.82) is 5.26 Å². The molecule has 0 aliphatic heterocycles. The summed E-state index contributed by atoms with van der Waals surface area (Å²) in [6.07, 6.45) is 0. The zero-order valence-electron chi connectivity index (χ0n) is 11.5. The maximum atomic E-state index is 11.8. The van der Waals surface area contributed by atoms with Crippen molar-refractivity contribution in [3.05, 3.63) is 35.0 Å². The van der Waals surface area contributed by atoms with Gasteiger partial charge >= 0.3 is 5.97 Å². The summed E-state index contributed by atoms with van der Waals surface area (Å²) in [7, 11) is 1.51. The van der Waals surface area contributed by atoms with Crippen molar-refractivity contribution in [2.45, 2.75) is 6.92 Å². The van der Waals surface area contributed by atoms with Gasteiger partial charge < -0.3 is 14.8 Å². The number of hydrogen-bond acceptors (Lipinski definition) is 7. The van der Waals surface area contributed by atoms with Crippen LogP contribution < -0.4 is 10.1 Å². The Hall–Kier alpha value is -2.59. The summed E-state index contributed by atoms with van der Waals surface area (Å²) in [6.45, 7) is 2.02. The smallest absolute Gasteiger partial charge is 0.360 e. The standard InChI is InChI=1S/C14H13N3O3S/c1-3-20-14(18)12-13(21-8-16-12)17-10-5-4-9(7-15)6-11(10)19-2/h4-6,8,17H,3H2,1-2H3. The van der Waals surface area contributed by atoms with Crippen molar-refractivity contribution in [2.24, 2.45) is 0 Å². The van der Waals surface area contributed by atoms with Crippen molar-refractivity contribution >= 4 is 28.0 Å². The van der Waals surface area contributed by atoms with Crippen LogP contribution in [0, 0.1) is 11.3 Å². The highest BCUT2D eigenvalue weighted by atomic mass is 32.1. The minimum absolute atomic E-state index is 0.230. The van der Waals surface area contributed by atoms with Gasteiger partial charge in [0.1, 0.15) is 10.8 Å². The fraction of sp³-hybridized carbons (Fsp3) is 0.214. The first-order chi connectivity index (χ1) is 10.2. The first-order valence-electron chi connectivity index (χ1n) is 6.15. The zero-order chi connectivity index (χ0) is 15.2. The Morgan fingerprint density at radius 3 is 3.00 bits per heavy atom. The highest BCUT2D eigenvalue weighted by molar-refractivity contribution is 7.14. The number of nitrogens with one attached hydrogen (secondary N) is 1. The third-order valence-electron chi connectivity index (χ3n) is 2.62. The average molecular weight is 303 g/mol. The van der Waals surface area contributed by atoms with Gasteiger partial charge in [-0.25, -0.2) is 9.78 Å². The number of carbonyl (C=O) groups excluding carboxylic acids is 1. The van der Waals surface area contributed by atoms with Crippen molar-refractivity contribution in [1.82, 2.24) is 4.98 Å². The van der Waals surface area contributed by atoms with Crippen LogP contribution >= 0.6 is 11.3 Å². The van der Waals surface area contributed by atoms with Gasteiger partial charge in [-0.05, 0) is 19.1 Å². The molecule has 0 fully saturated rings. The monoisotopic (exact) mass is 303 g/mol. The zero-order valence-corrected chi connectivity index (χ0v) is 12.4. The Bertz CT molecular complexity index is 691. The van der Waals surface area contributed by atoms with Gasteiger partial charge in [0.25, 0.3) is 0 Å². The van der Waals surface area contributed by atoms with E-state index in [1.165, 1.54) is 18.4 Å². The van der Waals surface area contributed by atoms with Crippen LogP contribution in [0.1, 0.15) is 23.0 Å². The van der Waals surface area contributed by atoms with Gasteiger partial charge in [0.15, 0.2) is 5.69 Å². The minimum atomic E-state index is -0.478. The predicted molar refractivity (Wildman–Crippen MR) is 79.1 cm³/mol. The van der Waals surface area contributed by atoms with Gasteiger partial charge in [0.2, 0.25) is 0 Å². The second kappa shape index (κ2) is 6.72. The first-order valence-corrected chi connectivity index (χ1v) is 7.03. The summed E-state index contributed by atoms with van der Waals surface area (Å²) >= 11 is 1.28. The molecule has 0 saturated carbocycles. The van der Waals surface area contributed by atoms with Gasteiger partial charge in [-0.1, -0.05) is 0 Å². The number of carbonyl (C=O) groups is 1. The summed E-state index contributed by atoms with van der Waals surface area (Å²) < 4.78 is 10.2. The molecule has 21 heavy (non-hydrogen) atoms. The highest BCUT2D eigenvalue weighted by Crippen LogP contribution is 2.32. The van der Waals surface area contributed by atoms with Gasteiger partial charge in [-0.15, -0.1) is 11.3 Å². The van der Waals surface area contributed by atoms with E-state index < -0.39 is 5.97 Å². The first kappa shape index (κ1) is 14.8. The van der Waals surface area contributed by atoms with E-state index in [4.69, 9.17) is 14.7 Å². The molecule has 1 N–H and O–H groups in total. The topological polar surface area (TPSA) is 84.2 Å². The largest absolute Gasteiger partial charge is 0.495 e. The van der Waals surface area contributed by atoms with E-state index in [2.05, 4.69) is 10.3 Å². The second-order valence-corrected chi connectivity index (χ2v) is 4.76. The number of benzene rings is 1. The van der Waals surface area contributed by atoms with Crippen LogP contribution in [-0.4, -0.2) is 24.7 Å². The summed E-state index contributed by atoms with van der Waals surface area (Å²) in [4.78, 5) is 15.8. The lowest BCUT2D eigenvalue weighted by atomic mass is 10.2. The molecule has 0 radical (unpaired) electrons. The Morgan fingerprint density at radius 2 is 2.33 bits per heavy atom. The van der Waals surface area contributed by atoms with Crippen LogP contribution in [0.4, 0.5) is 10.7 Å². The summed E-state index contributed by atoms with van der Waals surface area (Å²) in [5.41, 5.74) is 2.93. The fourth-order valence-electron chi connectivity index (χ4n) is 1.67. The Balaban J connectivity index is 2.29. The SMILES string of the molecule is CCOC(=O)c1ncsc1Nc1ccc(C#N)cc1OC. The molecular weight excluding hydrogens is 290 g/mol. The summed E-state index contributed by atoms with van der Waals surface area (Å²) in [5.74, 6) is 0.0334. The lowest BCUT2D eigenvalue weighted by Crippen LogP contribution is -2.07. The summed E-state index contributed by atoms with van der Waals surface area (Å²) in [5, 5.41) is 12.5. The number of rotatable bonds is 5. The Morgan fingerprint density at radius 1 is 1.52 bits per heavy atom. The molecule has 0 bridgehead atoms. The van der Waals surface area contributed by atoms with E-state index in [-0.39, 0.29) is 12.3 Å². The maximum absolute atomic E-state index is 11.8. The normalized spacial score (nSPS) is 9.76. The molecular formula is C14H13N3O3S. The van der Waals surface area contributed by atoms with Crippen LogP contribution in [0.25, 0.3) is 0 Å². The average Bonchev–Trinajstić information content (AvgIpc) is 2.96. The number of hydrogen-bond donors (Lipinski definition) is 1. The molecule has 0 atom stereocenters. The molecule has 0 amide bonds. The summed E-state index contributed by atoms with van der Waals surface area (Å²) in [6, 6.07) is 7.04. The van der Waals surface area contributed by atoms with E-state index in [1.807, 2.05) is 6.07 Å². The van der Waals surface area contributed by atoms with E-state index >= 15 is 0 Å². The van der Waals surface area contributed by atoms with Crippen LogP contribution in [0.3, 0.4) is 0 Å². The number of methoxy groups -OCH3 is 1. The van der Waals surface area contributed by atoms with E-state index in [0.29, 0.717) is 22.0 Å². The molecule has 2 aromatic rings. The third-order valence-corrected chi connectivity index (χ3v) is 3.36. The fourth-order valence-corrected chi connectivity index (χ4v) is 2.35. The Labute approximate surface area is 126 Å². The number of anilines is 2. The quantitative estimate of drug-likeness (QED) is 0.855. The maximum Gasteiger partial charge on any atom is 0.360 e. The van der Waals surface area contributed by atoms with Gasteiger partial charge in [-0.3, -0.25) is 0 Å². The van der Waals surface area contributed by atoms with Crippen molar-refractivity contribution < 1.29 is 14.3 Å². The number of esters is 1. The number of nitriles is 1. The number of thiazole rings is 1. The molecule has 0 aliphatic carbocycles. The molecule has 6 nitrogen and oxygen atoms in total. The molecule has 7 heteroatoms. The van der Waals surface area contributed by atoms with E-state index in [1.54, 1.807) is 30.6 Å². The van der Waals surface area contributed by atoms with E-state index in [0.717, 1.165) is 0 Å². The Kier molecular flexibility index (Phi) is 4.74. The van der Waals surface area contributed by atoms with Crippen molar-refractivity contribution in [3.8, 4) is 11.8 Å². The molecule has 1 aromatic heterocycles. The molecule has 1 aromatic carbocycles. The third kappa shape index (κ3) is 3.30. The van der Waals surface area contributed by atoms with Crippen LogP contribution in [0.5, 0.6) is 5.75 Å². The molecule has 0 saturated heterocycles. The highest BCUT2D eigenvalue weighted by Gasteiger charge is 2.17. The van der Waals surface area contributed by atoms with Gasteiger partial charge in [-0.2, -0.15) is 5.26 Å². The molecule has 0 aliphatic rings. The van der Waals surface area contributed by atoms with Gasteiger partial charge in [0, 0.05) is 6.07 Å². The number of ether oxygens (including phenoxy) is 2. The molecule has 0 spiro atoms. The second-order valence-electron chi connectivity index (χ2n) is 3.90. The molecule has 0 unspecified atom stereocenters. The predicted octanol–water partition coefficient (Wildman–Crippen LogP) is 2.94.